The van der Waals surface area contributed by atoms with Gasteiger partial charge in [0.1, 0.15) is 16.7 Å². The highest BCUT2D eigenvalue weighted by Crippen LogP contribution is 2.27. The van der Waals surface area contributed by atoms with Crippen LogP contribution >= 0.6 is 23.2 Å². The summed E-state index contributed by atoms with van der Waals surface area (Å²) in [6.45, 7) is 0. The lowest BCUT2D eigenvalue weighted by atomic mass is 10.3. The van der Waals surface area contributed by atoms with Gasteiger partial charge in [0.05, 0.1) is 11.9 Å². The van der Waals surface area contributed by atoms with Crippen molar-refractivity contribution in [3.05, 3.63) is 45.7 Å². The number of nitrogens with one attached hydrogen (secondary N) is 1. The number of anilines is 1. The number of halogens is 4. The van der Waals surface area contributed by atoms with Gasteiger partial charge in [-0.05, 0) is 12.1 Å². The Kier molecular flexibility index (Phi) is 4.41. The molecule has 0 bridgehead atoms. The third-order valence-electron chi connectivity index (χ3n) is 2.46. The van der Waals surface area contributed by atoms with Gasteiger partial charge in [-0.15, -0.1) is 9.19 Å². The van der Waals surface area contributed by atoms with Crippen molar-refractivity contribution < 1.29 is 22.0 Å². The predicted molar refractivity (Wildman–Crippen MR) is 76.8 cm³/mol. The summed E-state index contributed by atoms with van der Waals surface area (Å²) < 4.78 is 49.5. The Bertz CT molecular complexity index is 868. The number of nitrogens with zero attached hydrogens (tertiary/aromatic N) is 2. The minimum Gasteiger partial charge on any atom is -0.318 e. The molecular weight excluding hydrogens is 363 g/mol. The molecule has 11 heteroatoms. The van der Waals surface area contributed by atoms with Crippen molar-refractivity contribution in [3.8, 4) is 0 Å². The Morgan fingerprint density at radius 3 is 2.45 bits per heavy atom. The molecule has 0 atom stereocenters. The molecule has 1 heterocycles. The first-order valence-corrected chi connectivity index (χ1v) is 8.12. The maximum atomic E-state index is 13.5. The molecule has 6 nitrogen and oxygen atoms in total. The van der Waals surface area contributed by atoms with Gasteiger partial charge in [0.25, 0.3) is 15.9 Å². The number of amides is 1. The molecule has 2 rings (SSSR count). The van der Waals surface area contributed by atoms with Crippen molar-refractivity contribution in [2.24, 2.45) is 0 Å². The van der Waals surface area contributed by atoms with E-state index in [2.05, 4.69) is 10.4 Å². The fourth-order valence-electron chi connectivity index (χ4n) is 1.50. The largest absolute Gasteiger partial charge is 0.318 e. The molecule has 0 unspecified atom stereocenters. The van der Waals surface area contributed by atoms with Crippen LogP contribution < -0.4 is 5.32 Å². The molecule has 0 fully saturated rings. The number of hydrogen-bond donors (Lipinski definition) is 1. The number of aromatic nitrogens is 2. The first-order valence-electron chi connectivity index (χ1n) is 5.52. The lowest BCUT2D eigenvalue weighted by molar-refractivity contribution is 0.102. The van der Waals surface area contributed by atoms with E-state index in [4.69, 9.17) is 23.2 Å². The van der Waals surface area contributed by atoms with Crippen molar-refractivity contribution in [2.45, 2.75) is 0 Å². The van der Waals surface area contributed by atoms with Crippen LogP contribution in [0.15, 0.2) is 18.2 Å². The van der Waals surface area contributed by atoms with Crippen LogP contribution in [-0.2, 0) is 10.0 Å². The Morgan fingerprint density at radius 2 is 1.95 bits per heavy atom. The molecule has 22 heavy (non-hydrogen) atoms. The highest BCUT2D eigenvalue weighted by atomic mass is 35.5. The Labute approximate surface area is 133 Å². The van der Waals surface area contributed by atoms with Gasteiger partial charge in [0.15, 0.2) is 10.8 Å². The highest BCUT2D eigenvalue weighted by molar-refractivity contribution is 7.89. The second kappa shape index (κ2) is 5.82. The third-order valence-corrected chi connectivity index (χ3v) is 4.25. The summed E-state index contributed by atoms with van der Waals surface area (Å²) in [4.78, 5) is 12.0. The van der Waals surface area contributed by atoms with Crippen LogP contribution in [0.3, 0.4) is 0 Å². The highest BCUT2D eigenvalue weighted by Gasteiger charge is 2.25. The van der Waals surface area contributed by atoms with Crippen molar-refractivity contribution in [1.29, 1.82) is 0 Å². The van der Waals surface area contributed by atoms with Crippen LogP contribution in [0.2, 0.25) is 10.2 Å². The first-order chi connectivity index (χ1) is 10.1. The summed E-state index contributed by atoms with van der Waals surface area (Å²) in [6, 6.07) is 2.49. The van der Waals surface area contributed by atoms with Gasteiger partial charge in [-0.25, -0.2) is 17.2 Å². The molecule has 0 aliphatic rings. The number of benzene rings is 1. The summed E-state index contributed by atoms with van der Waals surface area (Å²) in [5.41, 5.74) is -0.840. The molecule has 0 saturated heterocycles. The molecular formula is C11H7Cl2F2N3O3S. The zero-order valence-electron chi connectivity index (χ0n) is 10.8. The van der Waals surface area contributed by atoms with Gasteiger partial charge in [-0.1, -0.05) is 23.2 Å². The molecule has 2 aromatic rings. The van der Waals surface area contributed by atoms with Gasteiger partial charge in [0, 0.05) is 6.07 Å². The fourth-order valence-corrected chi connectivity index (χ4v) is 2.87. The van der Waals surface area contributed by atoms with E-state index in [-0.39, 0.29) is 5.69 Å². The van der Waals surface area contributed by atoms with E-state index in [1.807, 2.05) is 0 Å². The molecule has 0 saturated carbocycles. The fraction of sp³-hybridized carbons (Fsp3) is 0.0909. The third kappa shape index (κ3) is 3.21. The SMILES string of the molecule is CS(=O)(=O)n1nc(C(=O)Nc2ccc(F)cc2F)c(Cl)c1Cl. The van der Waals surface area contributed by atoms with Gasteiger partial charge < -0.3 is 5.32 Å². The monoisotopic (exact) mass is 369 g/mol. The maximum absolute atomic E-state index is 13.5. The number of carbonyl (C=O) groups excluding carboxylic acids is 1. The van der Waals surface area contributed by atoms with Crippen LogP contribution in [0, 0.1) is 11.6 Å². The van der Waals surface area contributed by atoms with Crippen LogP contribution in [0.4, 0.5) is 14.5 Å². The van der Waals surface area contributed by atoms with E-state index >= 15 is 0 Å². The lowest BCUT2D eigenvalue weighted by Gasteiger charge is -2.04. The second-order valence-corrected chi connectivity index (χ2v) is 6.69. The minimum atomic E-state index is -3.87. The van der Waals surface area contributed by atoms with Crippen molar-refractivity contribution in [1.82, 2.24) is 9.19 Å². The van der Waals surface area contributed by atoms with Crippen LogP contribution in [0.1, 0.15) is 10.5 Å². The first kappa shape index (κ1) is 16.7. The summed E-state index contributed by atoms with van der Waals surface area (Å²) in [5.74, 6) is -2.84. The molecule has 1 aromatic carbocycles. The van der Waals surface area contributed by atoms with E-state index < -0.39 is 43.4 Å². The molecule has 1 N–H and O–H groups in total. The zero-order chi connectivity index (χ0) is 16.7. The second-order valence-electron chi connectivity index (χ2n) is 4.14. The van der Waals surface area contributed by atoms with Gasteiger partial charge in [-0.3, -0.25) is 4.79 Å². The average molecular weight is 370 g/mol. The van der Waals surface area contributed by atoms with Crippen LogP contribution in [0.25, 0.3) is 0 Å². The van der Waals surface area contributed by atoms with Crippen LogP contribution in [0.5, 0.6) is 0 Å². The Morgan fingerprint density at radius 1 is 1.32 bits per heavy atom. The molecule has 0 spiro atoms. The smallest absolute Gasteiger partial charge is 0.277 e. The summed E-state index contributed by atoms with van der Waals surface area (Å²) in [6.07, 6.45) is 0.809. The van der Waals surface area contributed by atoms with E-state index in [1.54, 1.807) is 0 Å². The van der Waals surface area contributed by atoms with Gasteiger partial charge in [0.2, 0.25) is 0 Å². The number of carbonyl (C=O) groups is 1. The van der Waals surface area contributed by atoms with Gasteiger partial charge in [-0.2, -0.15) is 0 Å². The topological polar surface area (TPSA) is 81.1 Å². The van der Waals surface area contributed by atoms with Gasteiger partial charge >= 0.3 is 0 Å². The Balaban J connectivity index is 2.38. The molecule has 1 amide bonds. The predicted octanol–water partition coefficient (Wildman–Crippen LogP) is 2.53. The lowest BCUT2D eigenvalue weighted by Crippen LogP contribution is -2.17. The number of hydrogen-bond acceptors (Lipinski definition) is 4. The van der Waals surface area contributed by atoms with Crippen molar-refractivity contribution in [2.75, 3.05) is 11.6 Å². The number of rotatable bonds is 3. The molecule has 0 aliphatic carbocycles. The van der Waals surface area contributed by atoms with E-state index in [0.717, 1.165) is 18.4 Å². The molecule has 1 aromatic heterocycles. The van der Waals surface area contributed by atoms with E-state index in [0.29, 0.717) is 10.2 Å². The van der Waals surface area contributed by atoms with E-state index in [1.165, 1.54) is 0 Å². The Hall–Kier alpha value is -1.71. The standard InChI is InChI=1S/C11H7Cl2F2N3O3S/c1-22(20,21)18-10(13)8(12)9(17-18)11(19)16-7-3-2-5(14)4-6(7)15/h2-4H,1H3,(H,16,19). The summed E-state index contributed by atoms with van der Waals surface area (Å²) in [5, 5.41) is 4.68. The summed E-state index contributed by atoms with van der Waals surface area (Å²) >= 11 is 11.4. The van der Waals surface area contributed by atoms with Crippen molar-refractivity contribution in [3.63, 3.8) is 0 Å². The molecule has 118 valence electrons. The quantitative estimate of drug-likeness (QED) is 0.901. The maximum Gasteiger partial charge on any atom is 0.277 e. The molecule has 0 aliphatic heterocycles. The normalized spacial score (nSPS) is 11.5. The van der Waals surface area contributed by atoms with E-state index in [9.17, 15) is 22.0 Å². The molecule has 0 radical (unpaired) electrons. The minimum absolute atomic E-state index is 0.326. The average Bonchev–Trinajstić information content (AvgIpc) is 2.69. The summed E-state index contributed by atoms with van der Waals surface area (Å²) in [7, 11) is -3.87. The zero-order valence-corrected chi connectivity index (χ0v) is 13.1. The van der Waals surface area contributed by atoms with Crippen LogP contribution in [-0.4, -0.2) is 29.8 Å². The van der Waals surface area contributed by atoms with Crippen molar-refractivity contribution >= 4 is 44.8 Å².